The van der Waals surface area contributed by atoms with Crippen molar-refractivity contribution in [2.24, 2.45) is 28.6 Å². The summed E-state index contributed by atoms with van der Waals surface area (Å²) in [6.07, 6.45) is 23.4. The lowest BCUT2D eigenvalue weighted by Gasteiger charge is -2.56. The van der Waals surface area contributed by atoms with Gasteiger partial charge in [0.15, 0.2) is 5.78 Å². The van der Waals surface area contributed by atoms with E-state index in [4.69, 9.17) is 4.74 Å². The van der Waals surface area contributed by atoms with Gasteiger partial charge in [-0.3, -0.25) is 9.59 Å². The molecule has 0 N–H and O–H groups in total. The minimum absolute atomic E-state index is 0.0187. The highest BCUT2D eigenvalue weighted by Gasteiger charge is 2.59. The number of allylic oxidation sites excluding steroid dienone is 5. The number of fused-ring (bicyclic) bond motifs is 5. The fraction of sp³-hybridized carbons (Fsp3) is 0.733. The van der Waals surface area contributed by atoms with Gasteiger partial charge < -0.3 is 4.74 Å². The van der Waals surface area contributed by atoms with Crippen LogP contribution in [0.3, 0.4) is 0 Å². The summed E-state index contributed by atoms with van der Waals surface area (Å²) >= 11 is 0. The van der Waals surface area contributed by atoms with Crippen LogP contribution in [0.1, 0.15) is 104 Å². The maximum Gasteiger partial charge on any atom is 0.306 e. The summed E-state index contributed by atoms with van der Waals surface area (Å²) in [5, 5.41) is 0. The van der Waals surface area contributed by atoms with E-state index in [-0.39, 0.29) is 28.7 Å². The predicted molar refractivity (Wildman–Crippen MR) is 134 cm³/mol. The van der Waals surface area contributed by atoms with Crippen molar-refractivity contribution < 1.29 is 14.3 Å². The zero-order valence-electron chi connectivity index (χ0n) is 21.0. The van der Waals surface area contributed by atoms with E-state index in [2.05, 4.69) is 26.5 Å². The molecule has 0 saturated heterocycles. The molecule has 0 bridgehead atoms. The van der Waals surface area contributed by atoms with Crippen LogP contribution >= 0.6 is 0 Å². The molecule has 0 amide bonds. The number of carbonyl (C=O) groups excluding carboxylic acids is 2. The van der Waals surface area contributed by atoms with Crippen LogP contribution in [0.2, 0.25) is 0 Å². The Morgan fingerprint density at radius 2 is 1.82 bits per heavy atom. The van der Waals surface area contributed by atoms with Gasteiger partial charge in [0.1, 0.15) is 6.10 Å². The number of hydrogen-bond donors (Lipinski definition) is 0. The highest BCUT2D eigenvalue weighted by atomic mass is 16.5. The molecule has 4 aliphatic carbocycles. The fourth-order valence-electron chi connectivity index (χ4n) is 7.83. The van der Waals surface area contributed by atoms with Gasteiger partial charge in [-0.15, -0.1) is 6.58 Å². The minimum atomic E-state index is 0.0187. The SMILES string of the molecule is C=CCCCCCCCCC(=O)O[C@H]1CC[C@H]2[C@@H]3CCC4=CC(=O)C=C[C@@]4(C)[C@H]3CC[C@@]12C. The third-order valence-electron chi connectivity index (χ3n) is 9.78. The molecule has 0 radical (unpaired) electrons. The maximum absolute atomic E-state index is 12.7. The largest absolute Gasteiger partial charge is 0.462 e. The van der Waals surface area contributed by atoms with Crippen molar-refractivity contribution in [3.63, 3.8) is 0 Å². The molecule has 6 atom stereocenters. The number of ketones is 1. The second kappa shape index (κ2) is 10.3. The molecule has 3 heteroatoms. The molecule has 182 valence electrons. The Morgan fingerprint density at radius 1 is 1.06 bits per heavy atom. The summed E-state index contributed by atoms with van der Waals surface area (Å²) < 4.78 is 6.15. The summed E-state index contributed by atoms with van der Waals surface area (Å²) in [6, 6.07) is 0. The molecular weight excluding hydrogens is 408 g/mol. The molecule has 3 fully saturated rings. The van der Waals surface area contributed by atoms with Crippen molar-refractivity contribution in [1.82, 2.24) is 0 Å². The summed E-state index contributed by atoms with van der Waals surface area (Å²) in [5.41, 5.74) is 1.51. The van der Waals surface area contributed by atoms with Gasteiger partial charge in [0.05, 0.1) is 0 Å². The van der Waals surface area contributed by atoms with E-state index in [0.29, 0.717) is 24.2 Å². The number of rotatable bonds is 10. The van der Waals surface area contributed by atoms with Crippen molar-refractivity contribution in [1.29, 1.82) is 0 Å². The van der Waals surface area contributed by atoms with E-state index in [1.54, 1.807) is 6.08 Å². The second-order valence-electron chi connectivity index (χ2n) is 11.7. The molecule has 0 aromatic rings. The molecular formula is C30H44O3. The Labute approximate surface area is 201 Å². The minimum Gasteiger partial charge on any atom is -0.462 e. The Bertz CT molecular complexity index is 807. The zero-order chi connectivity index (χ0) is 23.5. The number of ether oxygens (including phenoxy) is 1. The van der Waals surface area contributed by atoms with Crippen LogP contribution in [-0.2, 0) is 14.3 Å². The van der Waals surface area contributed by atoms with Crippen molar-refractivity contribution in [2.45, 2.75) is 110 Å². The van der Waals surface area contributed by atoms with Crippen LogP contribution in [0.5, 0.6) is 0 Å². The third-order valence-corrected chi connectivity index (χ3v) is 9.78. The van der Waals surface area contributed by atoms with E-state index in [1.807, 2.05) is 12.2 Å². The van der Waals surface area contributed by atoms with Gasteiger partial charge in [-0.2, -0.15) is 0 Å². The lowest BCUT2D eigenvalue weighted by atomic mass is 9.48. The lowest BCUT2D eigenvalue weighted by molar-refractivity contribution is -0.159. The van der Waals surface area contributed by atoms with Gasteiger partial charge in [-0.25, -0.2) is 0 Å². The molecule has 0 spiro atoms. The number of carbonyl (C=O) groups is 2. The molecule has 33 heavy (non-hydrogen) atoms. The quantitative estimate of drug-likeness (QED) is 0.196. The number of esters is 1. The first-order valence-electron chi connectivity index (χ1n) is 13.6. The fourth-order valence-corrected chi connectivity index (χ4v) is 7.83. The number of hydrogen-bond acceptors (Lipinski definition) is 3. The van der Waals surface area contributed by atoms with Crippen molar-refractivity contribution in [3.8, 4) is 0 Å². The second-order valence-corrected chi connectivity index (χ2v) is 11.7. The predicted octanol–water partition coefficient (Wildman–Crippen LogP) is 7.51. The topological polar surface area (TPSA) is 43.4 Å². The average molecular weight is 453 g/mol. The highest BCUT2D eigenvalue weighted by Crippen LogP contribution is 2.64. The summed E-state index contributed by atoms with van der Waals surface area (Å²) in [5.74, 6) is 2.09. The smallest absolute Gasteiger partial charge is 0.306 e. The van der Waals surface area contributed by atoms with E-state index in [0.717, 1.165) is 38.5 Å². The van der Waals surface area contributed by atoms with Crippen molar-refractivity contribution in [2.75, 3.05) is 0 Å². The first-order valence-corrected chi connectivity index (χ1v) is 13.6. The van der Waals surface area contributed by atoms with Crippen LogP contribution in [0.25, 0.3) is 0 Å². The van der Waals surface area contributed by atoms with Gasteiger partial charge in [0.2, 0.25) is 0 Å². The van der Waals surface area contributed by atoms with Gasteiger partial charge >= 0.3 is 5.97 Å². The monoisotopic (exact) mass is 452 g/mol. The standard InChI is InChI=1S/C30H44O3/c1-4-5-6-7-8-9-10-11-12-28(32)33-27-16-15-25-24-14-13-22-21-23(31)17-19-29(22,2)26(24)18-20-30(25,27)3/h4,17,19,21,24-27H,1,5-16,18,20H2,2-3H3/t24-,25-,26-,27-,29+,30+/m0/s1. The Hall–Kier alpha value is -1.64. The van der Waals surface area contributed by atoms with E-state index in [1.165, 1.54) is 50.5 Å². The Morgan fingerprint density at radius 3 is 2.61 bits per heavy atom. The van der Waals surface area contributed by atoms with Crippen LogP contribution in [0, 0.1) is 28.6 Å². The molecule has 0 aromatic heterocycles. The lowest BCUT2D eigenvalue weighted by Crippen LogP contribution is -2.51. The van der Waals surface area contributed by atoms with Gasteiger partial charge in [0, 0.05) is 17.3 Å². The van der Waals surface area contributed by atoms with Crippen LogP contribution in [-0.4, -0.2) is 17.9 Å². The van der Waals surface area contributed by atoms with Gasteiger partial charge in [-0.1, -0.05) is 57.3 Å². The third kappa shape index (κ3) is 4.93. The molecule has 3 saturated carbocycles. The zero-order valence-corrected chi connectivity index (χ0v) is 21.0. The normalized spacial score (nSPS) is 37.0. The van der Waals surface area contributed by atoms with E-state index in [9.17, 15) is 9.59 Å². The maximum atomic E-state index is 12.7. The molecule has 0 heterocycles. The molecule has 3 nitrogen and oxygen atoms in total. The van der Waals surface area contributed by atoms with Crippen LogP contribution < -0.4 is 0 Å². The molecule has 4 rings (SSSR count). The van der Waals surface area contributed by atoms with Gasteiger partial charge in [0.25, 0.3) is 0 Å². The Balaban J connectivity index is 1.28. The molecule has 0 unspecified atom stereocenters. The number of unbranched alkanes of at least 4 members (excludes halogenated alkanes) is 6. The summed E-state index contributed by atoms with van der Waals surface area (Å²) in [7, 11) is 0. The molecule has 0 aliphatic heterocycles. The Kier molecular flexibility index (Phi) is 7.66. The molecule has 4 aliphatic rings. The first kappa shape index (κ1) is 24.5. The summed E-state index contributed by atoms with van der Waals surface area (Å²) in [4.78, 5) is 24.6. The van der Waals surface area contributed by atoms with Gasteiger partial charge in [-0.05, 0) is 87.7 Å². The summed E-state index contributed by atoms with van der Waals surface area (Å²) in [6.45, 7) is 8.53. The highest BCUT2D eigenvalue weighted by molar-refractivity contribution is 6.01. The van der Waals surface area contributed by atoms with Crippen LogP contribution in [0.15, 0.2) is 36.5 Å². The van der Waals surface area contributed by atoms with E-state index >= 15 is 0 Å². The molecule has 0 aromatic carbocycles. The first-order chi connectivity index (χ1) is 15.9. The van der Waals surface area contributed by atoms with Crippen molar-refractivity contribution >= 4 is 11.8 Å². The average Bonchev–Trinajstić information content (AvgIpc) is 3.12. The van der Waals surface area contributed by atoms with E-state index < -0.39 is 0 Å². The van der Waals surface area contributed by atoms with Crippen LogP contribution in [0.4, 0.5) is 0 Å². The van der Waals surface area contributed by atoms with Crippen molar-refractivity contribution in [3.05, 3.63) is 36.5 Å².